The number of nitrogens with zero attached hydrogens (tertiary/aromatic N) is 1. The van der Waals surface area contributed by atoms with Gasteiger partial charge in [-0.3, -0.25) is 0 Å². The molecule has 2 nitrogen and oxygen atoms in total. The molecule has 0 saturated heterocycles. The van der Waals surface area contributed by atoms with Gasteiger partial charge >= 0.3 is 6.18 Å². The summed E-state index contributed by atoms with van der Waals surface area (Å²) in [7, 11) is 0. The molecule has 7 heteroatoms. The molecule has 0 atom stereocenters. The molecule has 0 saturated carbocycles. The average Bonchev–Trinajstić information content (AvgIpc) is 3.20. The monoisotopic (exact) mass is 458 g/mol. The number of hydrogen-bond donors (Lipinski definition) is 1. The Labute approximate surface area is 187 Å². The van der Waals surface area contributed by atoms with Crippen LogP contribution in [0.2, 0.25) is 10.0 Å². The van der Waals surface area contributed by atoms with E-state index in [1.807, 2.05) is 18.2 Å². The second-order valence-electron chi connectivity index (χ2n) is 6.80. The molecule has 0 spiro atoms. The molecule has 1 N–H and O–H groups in total. The van der Waals surface area contributed by atoms with Crippen LogP contribution in [0.3, 0.4) is 0 Å². The predicted molar refractivity (Wildman–Crippen MR) is 120 cm³/mol. The van der Waals surface area contributed by atoms with Crippen LogP contribution < -0.4 is 0 Å². The van der Waals surface area contributed by atoms with Crippen molar-refractivity contribution < 1.29 is 13.2 Å². The van der Waals surface area contributed by atoms with Gasteiger partial charge in [0.1, 0.15) is 5.82 Å². The van der Waals surface area contributed by atoms with Crippen molar-refractivity contribution in [1.29, 1.82) is 0 Å². The Morgan fingerprint density at radius 1 is 0.806 bits per heavy atom. The zero-order valence-electron chi connectivity index (χ0n) is 15.9. The van der Waals surface area contributed by atoms with Crippen LogP contribution in [0.1, 0.15) is 17.0 Å². The molecule has 1 heterocycles. The van der Waals surface area contributed by atoms with E-state index in [2.05, 4.69) is 9.97 Å². The Balaban J connectivity index is 1.52. The Morgan fingerprint density at radius 2 is 1.48 bits per heavy atom. The molecule has 0 aliphatic rings. The van der Waals surface area contributed by atoms with E-state index in [0.717, 1.165) is 17.7 Å². The zero-order chi connectivity index (χ0) is 22.0. The highest BCUT2D eigenvalue weighted by Crippen LogP contribution is 2.34. The maximum Gasteiger partial charge on any atom is 0.416 e. The number of H-pyrrole nitrogens is 1. The summed E-state index contributed by atoms with van der Waals surface area (Å²) in [6.07, 6.45) is 1.01. The lowest BCUT2D eigenvalue weighted by Crippen LogP contribution is -2.04. The molecule has 1 aromatic heterocycles. The van der Waals surface area contributed by atoms with Gasteiger partial charge < -0.3 is 4.98 Å². The van der Waals surface area contributed by atoms with Gasteiger partial charge in [0.25, 0.3) is 0 Å². The third kappa shape index (κ3) is 4.84. The van der Waals surface area contributed by atoms with Crippen LogP contribution in [0.4, 0.5) is 13.2 Å². The van der Waals surface area contributed by atoms with Gasteiger partial charge in [0.05, 0.1) is 21.3 Å². The fourth-order valence-corrected chi connectivity index (χ4v) is 3.72. The highest BCUT2D eigenvalue weighted by atomic mass is 35.5. The molecule has 3 aromatic carbocycles. The van der Waals surface area contributed by atoms with Crippen LogP contribution in [-0.4, -0.2) is 9.97 Å². The first-order valence-electron chi connectivity index (χ1n) is 9.27. The summed E-state index contributed by atoms with van der Waals surface area (Å²) in [5, 5.41) is 1.03. The molecule has 0 amide bonds. The molecule has 0 unspecified atom stereocenters. The Hall–Kier alpha value is -3.02. The molecule has 156 valence electrons. The second kappa shape index (κ2) is 8.61. The van der Waals surface area contributed by atoms with E-state index in [1.54, 1.807) is 48.7 Å². The minimum Gasteiger partial charge on any atom is -0.344 e. The van der Waals surface area contributed by atoms with Crippen molar-refractivity contribution in [2.24, 2.45) is 0 Å². The van der Waals surface area contributed by atoms with Gasteiger partial charge in [0, 0.05) is 11.8 Å². The lowest BCUT2D eigenvalue weighted by atomic mass is 10.0. The van der Waals surface area contributed by atoms with Crippen molar-refractivity contribution in [2.45, 2.75) is 6.18 Å². The fraction of sp³-hybridized carbons (Fsp3) is 0.0417. The number of halogens is 5. The topological polar surface area (TPSA) is 28.7 Å². The second-order valence-corrected chi connectivity index (χ2v) is 7.62. The van der Waals surface area contributed by atoms with Crippen molar-refractivity contribution in [3.63, 3.8) is 0 Å². The van der Waals surface area contributed by atoms with Crippen LogP contribution in [0.15, 0.2) is 72.9 Å². The highest BCUT2D eigenvalue weighted by molar-refractivity contribution is 6.39. The number of hydrogen-bond acceptors (Lipinski definition) is 1. The maximum absolute atomic E-state index is 12.9. The van der Waals surface area contributed by atoms with Crippen molar-refractivity contribution in [3.8, 4) is 22.4 Å². The molecule has 4 rings (SSSR count). The van der Waals surface area contributed by atoms with Crippen molar-refractivity contribution in [3.05, 3.63) is 99.9 Å². The van der Waals surface area contributed by atoms with E-state index in [4.69, 9.17) is 23.2 Å². The number of alkyl halides is 3. The van der Waals surface area contributed by atoms with E-state index in [0.29, 0.717) is 38.3 Å². The molecule has 0 fully saturated rings. The molecule has 4 aromatic rings. The van der Waals surface area contributed by atoms with Gasteiger partial charge in [-0.25, -0.2) is 4.98 Å². The molecular formula is C24H15Cl2F3N2. The zero-order valence-corrected chi connectivity index (χ0v) is 17.4. The molecule has 0 radical (unpaired) electrons. The van der Waals surface area contributed by atoms with E-state index < -0.39 is 11.7 Å². The number of aromatic nitrogens is 2. The normalized spacial score (nSPS) is 11.9. The van der Waals surface area contributed by atoms with Gasteiger partial charge in [-0.15, -0.1) is 0 Å². The first-order chi connectivity index (χ1) is 14.8. The molecular weight excluding hydrogens is 444 g/mol. The summed E-state index contributed by atoms with van der Waals surface area (Å²) in [5.74, 6) is 0.618. The van der Waals surface area contributed by atoms with E-state index in [-0.39, 0.29) is 0 Å². The fourth-order valence-electron chi connectivity index (χ4n) is 3.13. The standard InChI is InChI=1S/C24H15Cl2F3N2/c25-19-5-2-6-20(26)23(19)21-14-30-22(31-21)12-9-15-7-10-16(11-8-15)17-3-1-4-18(13-17)24(27,28)29/h1-14H,(H,30,31)/b12-9+. The largest absolute Gasteiger partial charge is 0.416 e. The smallest absolute Gasteiger partial charge is 0.344 e. The Kier molecular flexibility index (Phi) is 5.90. The Morgan fingerprint density at radius 3 is 2.16 bits per heavy atom. The lowest BCUT2D eigenvalue weighted by Gasteiger charge is -2.09. The molecule has 31 heavy (non-hydrogen) atoms. The predicted octanol–water partition coefficient (Wildman–Crippen LogP) is 8.24. The number of imidazole rings is 1. The van der Waals surface area contributed by atoms with Crippen molar-refractivity contribution in [2.75, 3.05) is 0 Å². The molecule has 0 bridgehead atoms. The highest BCUT2D eigenvalue weighted by Gasteiger charge is 2.30. The van der Waals surface area contributed by atoms with E-state index >= 15 is 0 Å². The first-order valence-corrected chi connectivity index (χ1v) is 10.0. The number of rotatable bonds is 4. The third-order valence-electron chi connectivity index (χ3n) is 4.68. The van der Waals surface area contributed by atoms with Crippen LogP contribution in [0.5, 0.6) is 0 Å². The summed E-state index contributed by atoms with van der Waals surface area (Å²) >= 11 is 12.5. The summed E-state index contributed by atoms with van der Waals surface area (Å²) < 4.78 is 38.8. The number of aromatic amines is 1. The maximum atomic E-state index is 12.9. The summed E-state index contributed by atoms with van der Waals surface area (Å²) in [5.41, 5.74) is 2.72. The van der Waals surface area contributed by atoms with Gasteiger partial charge in [0.2, 0.25) is 0 Å². The number of benzene rings is 3. The summed E-state index contributed by atoms with van der Waals surface area (Å²) in [6, 6.07) is 17.8. The van der Waals surface area contributed by atoms with Crippen LogP contribution in [0, 0.1) is 0 Å². The van der Waals surface area contributed by atoms with E-state index in [9.17, 15) is 13.2 Å². The minimum atomic E-state index is -4.37. The van der Waals surface area contributed by atoms with Crippen LogP contribution >= 0.6 is 23.2 Å². The van der Waals surface area contributed by atoms with Crippen LogP contribution in [-0.2, 0) is 6.18 Å². The van der Waals surface area contributed by atoms with Crippen LogP contribution in [0.25, 0.3) is 34.5 Å². The van der Waals surface area contributed by atoms with Gasteiger partial charge in [-0.2, -0.15) is 13.2 Å². The average molecular weight is 459 g/mol. The van der Waals surface area contributed by atoms with Gasteiger partial charge in [0.15, 0.2) is 0 Å². The first kappa shape index (κ1) is 21.2. The SMILES string of the molecule is FC(F)(F)c1cccc(-c2ccc(/C=C/c3nc(-c4c(Cl)cccc4Cl)c[nH]3)cc2)c1. The summed E-state index contributed by atoms with van der Waals surface area (Å²) in [6.45, 7) is 0. The lowest BCUT2D eigenvalue weighted by molar-refractivity contribution is -0.137. The summed E-state index contributed by atoms with van der Waals surface area (Å²) in [4.78, 5) is 7.56. The molecule has 0 aliphatic heterocycles. The van der Waals surface area contributed by atoms with Gasteiger partial charge in [-0.05, 0) is 47.0 Å². The quantitative estimate of drug-likeness (QED) is 0.327. The van der Waals surface area contributed by atoms with E-state index in [1.165, 1.54) is 6.07 Å². The van der Waals surface area contributed by atoms with Crippen molar-refractivity contribution in [1.82, 2.24) is 9.97 Å². The van der Waals surface area contributed by atoms with Crippen molar-refractivity contribution >= 4 is 35.4 Å². The van der Waals surface area contributed by atoms with Gasteiger partial charge in [-0.1, -0.05) is 71.7 Å². The third-order valence-corrected chi connectivity index (χ3v) is 5.31. The molecule has 0 aliphatic carbocycles. The Bertz CT molecular complexity index is 1220. The number of nitrogens with one attached hydrogen (secondary N) is 1. The minimum absolute atomic E-state index is 0.512.